The highest BCUT2D eigenvalue weighted by Crippen LogP contribution is 2.25. The fourth-order valence-electron chi connectivity index (χ4n) is 3.08. The van der Waals surface area contributed by atoms with Crippen LogP contribution in [0.4, 0.5) is 0 Å². The van der Waals surface area contributed by atoms with Gasteiger partial charge in [0.05, 0.1) is 0 Å². The van der Waals surface area contributed by atoms with E-state index in [0.29, 0.717) is 6.04 Å². The molecule has 1 saturated heterocycles. The van der Waals surface area contributed by atoms with Gasteiger partial charge in [-0.15, -0.1) is 0 Å². The summed E-state index contributed by atoms with van der Waals surface area (Å²) in [5.74, 6) is 1.05. The summed E-state index contributed by atoms with van der Waals surface area (Å²) in [6, 6.07) is 0.383. The number of nitrogens with zero attached hydrogens (tertiary/aromatic N) is 4. The van der Waals surface area contributed by atoms with Crippen LogP contribution in [0.5, 0.6) is 0 Å². The third-order valence-electron chi connectivity index (χ3n) is 4.56. The zero-order valence-corrected chi connectivity index (χ0v) is 12.7. The van der Waals surface area contributed by atoms with Crippen molar-refractivity contribution in [3.05, 3.63) is 12.2 Å². The van der Waals surface area contributed by atoms with Gasteiger partial charge in [0, 0.05) is 25.0 Å². The smallest absolute Gasteiger partial charge is 0.138 e. The summed E-state index contributed by atoms with van der Waals surface area (Å²) in [5, 5.41) is 7.65. The molecule has 0 spiro atoms. The van der Waals surface area contributed by atoms with Gasteiger partial charge in [-0.1, -0.05) is 6.42 Å². The SMILES string of the molecule is CNC(Cc1ncnn1C)C(C)(C)N1CCCCC1. The summed E-state index contributed by atoms with van der Waals surface area (Å²) >= 11 is 0. The number of likely N-dealkylation sites (tertiary alicyclic amines) is 1. The van der Waals surface area contributed by atoms with E-state index < -0.39 is 0 Å². The van der Waals surface area contributed by atoms with Gasteiger partial charge < -0.3 is 5.32 Å². The van der Waals surface area contributed by atoms with Crippen LogP contribution in [-0.2, 0) is 13.5 Å². The van der Waals surface area contributed by atoms with Crippen molar-refractivity contribution in [2.24, 2.45) is 7.05 Å². The molecule has 1 unspecified atom stereocenters. The molecule has 0 bridgehead atoms. The minimum absolute atomic E-state index is 0.140. The lowest BCUT2D eigenvalue weighted by atomic mass is 9.88. The Morgan fingerprint density at radius 1 is 1.32 bits per heavy atom. The first-order valence-electron chi connectivity index (χ1n) is 7.31. The van der Waals surface area contributed by atoms with Crippen molar-refractivity contribution in [2.45, 2.75) is 51.1 Å². The van der Waals surface area contributed by atoms with E-state index in [0.717, 1.165) is 12.2 Å². The Kier molecular flexibility index (Phi) is 4.58. The van der Waals surface area contributed by atoms with Crippen molar-refractivity contribution in [3.8, 4) is 0 Å². The van der Waals surface area contributed by atoms with Crippen molar-refractivity contribution < 1.29 is 0 Å². The van der Waals surface area contributed by atoms with Crippen LogP contribution in [0.1, 0.15) is 38.9 Å². The Labute approximate surface area is 116 Å². The number of aromatic nitrogens is 3. The first-order chi connectivity index (χ1) is 9.05. The Morgan fingerprint density at radius 3 is 2.53 bits per heavy atom. The van der Waals surface area contributed by atoms with Gasteiger partial charge in [0.1, 0.15) is 12.2 Å². The maximum atomic E-state index is 4.36. The normalized spacial score (nSPS) is 19.6. The van der Waals surface area contributed by atoms with Crippen LogP contribution < -0.4 is 5.32 Å². The zero-order chi connectivity index (χ0) is 13.9. The molecule has 0 aliphatic carbocycles. The lowest BCUT2D eigenvalue weighted by molar-refractivity contribution is 0.0627. The average molecular weight is 265 g/mol. The molecule has 5 heteroatoms. The number of rotatable bonds is 5. The summed E-state index contributed by atoms with van der Waals surface area (Å²) in [7, 11) is 4.01. The van der Waals surface area contributed by atoms with Gasteiger partial charge in [0.2, 0.25) is 0 Å². The van der Waals surface area contributed by atoms with E-state index in [1.54, 1.807) is 6.33 Å². The molecule has 0 radical (unpaired) electrons. The lowest BCUT2D eigenvalue weighted by Crippen LogP contribution is -2.59. The largest absolute Gasteiger partial charge is 0.315 e. The van der Waals surface area contributed by atoms with Crippen molar-refractivity contribution in [1.29, 1.82) is 0 Å². The number of aryl methyl sites for hydroxylation is 1. The minimum atomic E-state index is 0.140. The fraction of sp³-hybridized carbons (Fsp3) is 0.857. The van der Waals surface area contributed by atoms with Crippen LogP contribution in [-0.4, -0.2) is 51.4 Å². The monoisotopic (exact) mass is 265 g/mol. The van der Waals surface area contributed by atoms with Crippen LogP contribution >= 0.6 is 0 Å². The van der Waals surface area contributed by atoms with E-state index in [1.807, 2.05) is 18.8 Å². The highest BCUT2D eigenvalue weighted by Gasteiger charge is 2.35. The molecule has 1 aliphatic heterocycles. The van der Waals surface area contributed by atoms with E-state index in [1.165, 1.54) is 32.4 Å². The summed E-state index contributed by atoms with van der Waals surface area (Å²) in [6.07, 6.45) is 6.57. The van der Waals surface area contributed by atoms with Gasteiger partial charge in [0.15, 0.2) is 0 Å². The molecule has 2 heterocycles. The van der Waals surface area contributed by atoms with Crippen LogP contribution in [0.25, 0.3) is 0 Å². The highest BCUT2D eigenvalue weighted by atomic mass is 15.3. The van der Waals surface area contributed by atoms with E-state index in [2.05, 4.69) is 34.1 Å². The van der Waals surface area contributed by atoms with Gasteiger partial charge in [-0.25, -0.2) is 4.98 Å². The molecule has 108 valence electrons. The maximum Gasteiger partial charge on any atom is 0.138 e. The molecule has 5 nitrogen and oxygen atoms in total. The summed E-state index contributed by atoms with van der Waals surface area (Å²) in [5.41, 5.74) is 0.140. The zero-order valence-electron chi connectivity index (χ0n) is 12.7. The highest BCUT2D eigenvalue weighted by molar-refractivity contribution is 5.00. The Balaban J connectivity index is 2.08. The predicted molar refractivity (Wildman–Crippen MR) is 77.1 cm³/mol. The third-order valence-corrected chi connectivity index (χ3v) is 4.56. The van der Waals surface area contributed by atoms with Crippen LogP contribution in [0.15, 0.2) is 6.33 Å². The average Bonchev–Trinajstić information content (AvgIpc) is 2.82. The second-order valence-electron chi connectivity index (χ2n) is 6.05. The third kappa shape index (κ3) is 3.15. The molecule has 0 amide bonds. The number of hydrogen-bond donors (Lipinski definition) is 1. The fourth-order valence-corrected chi connectivity index (χ4v) is 3.08. The first-order valence-corrected chi connectivity index (χ1v) is 7.31. The van der Waals surface area contributed by atoms with Gasteiger partial charge in [0.25, 0.3) is 0 Å². The topological polar surface area (TPSA) is 46.0 Å². The minimum Gasteiger partial charge on any atom is -0.315 e. The Bertz CT molecular complexity index is 392. The second-order valence-corrected chi connectivity index (χ2v) is 6.05. The number of nitrogens with one attached hydrogen (secondary N) is 1. The van der Waals surface area contributed by atoms with Gasteiger partial charge in [-0.3, -0.25) is 9.58 Å². The molecular formula is C14H27N5. The molecule has 0 aromatic carbocycles. The van der Waals surface area contributed by atoms with E-state index in [4.69, 9.17) is 0 Å². The molecule has 1 aromatic heterocycles. The molecule has 1 aliphatic rings. The second kappa shape index (κ2) is 6.01. The van der Waals surface area contributed by atoms with Crippen molar-refractivity contribution in [1.82, 2.24) is 25.0 Å². The molecule has 1 N–H and O–H groups in total. The molecule has 1 atom stereocenters. The Morgan fingerprint density at radius 2 is 2.00 bits per heavy atom. The maximum absolute atomic E-state index is 4.36. The number of hydrogen-bond acceptors (Lipinski definition) is 4. The summed E-state index contributed by atoms with van der Waals surface area (Å²) < 4.78 is 1.87. The number of piperidine rings is 1. The molecule has 1 aromatic rings. The van der Waals surface area contributed by atoms with E-state index >= 15 is 0 Å². The lowest BCUT2D eigenvalue weighted by Gasteiger charge is -2.45. The van der Waals surface area contributed by atoms with Crippen molar-refractivity contribution in [3.63, 3.8) is 0 Å². The molecule has 2 rings (SSSR count). The summed E-state index contributed by atoms with van der Waals surface area (Å²) in [6.45, 7) is 7.11. The van der Waals surface area contributed by atoms with Crippen LogP contribution in [0, 0.1) is 0 Å². The van der Waals surface area contributed by atoms with Gasteiger partial charge >= 0.3 is 0 Å². The van der Waals surface area contributed by atoms with Crippen LogP contribution in [0.3, 0.4) is 0 Å². The first kappa shape index (κ1) is 14.5. The van der Waals surface area contributed by atoms with Crippen LogP contribution in [0.2, 0.25) is 0 Å². The van der Waals surface area contributed by atoms with E-state index in [-0.39, 0.29) is 5.54 Å². The van der Waals surface area contributed by atoms with Gasteiger partial charge in [-0.05, 0) is 46.8 Å². The van der Waals surface area contributed by atoms with Gasteiger partial charge in [-0.2, -0.15) is 5.10 Å². The standard InChI is InChI=1S/C14H27N5/c1-14(2,19-8-6-5-7-9-19)12(15-3)10-13-16-11-17-18(13)4/h11-12,15H,5-10H2,1-4H3. The molecular weight excluding hydrogens is 238 g/mol. The predicted octanol–water partition coefficient (Wildman–Crippen LogP) is 1.21. The quantitative estimate of drug-likeness (QED) is 0.869. The van der Waals surface area contributed by atoms with Crippen molar-refractivity contribution >= 4 is 0 Å². The molecule has 19 heavy (non-hydrogen) atoms. The number of likely N-dealkylation sites (N-methyl/N-ethyl adjacent to an activating group) is 1. The molecule has 0 saturated carbocycles. The van der Waals surface area contributed by atoms with E-state index in [9.17, 15) is 0 Å². The molecule has 1 fully saturated rings. The summed E-state index contributed by atoms with van der Waals surface area (Å²) in [4.78, 5) is 6.97. The van der Waals surface area contributed by atoms with Crippen molar-refractivity contribution in [2.75, 3.05) is 20.1 Å². The Hall–Kier alpha value is -0.940.